The molecule has 2 aliphatic heterocycles. The molecule has 4 heteroatoms. The quantitative estimate of drug-likeness (QED) is 0.429. The summed E-state index contributed by atoms with van der Waals surface area (Å²) in [5.74, 6) is 4.63. The van der Waals surface area contributed by atoms with Crippen molar-refractivity contribution in [3.8, 4) is 0 Å². The maximum absolute atomic E-state index is 11.5. The highest BCUT2D eigenvalue weighted by atomic mass is 16.7. The van der Waals surface area contributed by atoms with Crippen LogP contribution in [0.1, 0.15) is 98.8 Å². The third-order valence-electron chi connectivity index (χ3n) is 12.2. The fraction of sp³-hybridized carbons (Fsp3) is 0.966. The summed E-state index contributed by atoms with van der Waals surface area (Å²) in [6, 6.07) is 0. The standard InChI is InChI=1S/C29H46O4/c1-17-8-13-29(31-16-17)18(2)26-25(33-29)15-24-22-7-6-20-14-21(32-19(3)30)9-11-27(20,4)23(22)10-12-28(24,26)5/h17-18,20-26H,6-16H2,1-5H3/t17?,18?,20-,21-,22?,23?,24?,25?,26?,27-,28-,29-/m0/s1. The highest BCUT2D eigenvalue weighted by Crippen LogP contribution is 2.71. The van der Waals surface area contributed by atoms with E-state index in [4.69, 9.17) is 14.2 Å². The van der Waals surface area contributed by atoms with E-state index in [1.54, 1.807) is 6.92 Å². The normalized spacial score (nSPS) is 57.7. The van der Waals surface area contributed by atoms with Gasteiger partial charge in [-0.3, -0.25) is 4.79 Å². The van der Waals surface area contributed by atoms with E-state index < -0.39 is 0 Å². The molecule has 1 spiro atoms. The van der Waals surface area contributed by atoms with Crippen LogP contribution in [0.4, 0.5) is 0 Å². The van der Waals surface area contributed by atoms with E-state index >= 15 is 0 Å². The Morgan fingerprint density at radius 3 is 2.42 bits per heavy atom. The summed E-state index contributed by atoms with van der Waals surface area (Å²) in [6.45, 7) is 12.4. The zero-order chi connectivity index (χ0) is 23.2. The van der Waals surface area contributed by atoms with Crippen LogP contribution >= 0.6 is 0 Å². The molecule has 0 aromatic rings. The van der Waals surface area contributed by atoms with Crippen LogP contribution in [0.25, 0.3) is 0 Å². The van der Waals surface area contributed by atoms with Crippen LogP contribution in [-0.2, 0) is 19.0 Å². The van der Waals surface area contributed by atoms with E-state index in [2.05, 4.69) is 27.7 Å². The molecule has 6 rings (SSSR count). The van der Waals surface area contributed by atoms with Gasteiger partial charge in [0.2, 0.25) is 0 Å². The number of carbonyl (C=O) groups excluding carboxylic acids is 1. The monoisotopic (exact) mass is 458 g/mol. The molecular formula is C29H46O4. The molecule has 0 aromatic carbocycles. The summed E-state index contributed by atoms with van der Waals surface area (Å²) >= 11 is 0. The Hall–Kier alpha value is -0.610. The lowest BCUT2D eigenvalue weighted by Gasteiger charge is -2.61. The van der Waals surface area contributed by atoms with E-state index in [-0.39, 0.29) is 17.9 Å². The van der Waals surface area contributed by atoms with Crippen LogP contribution in [0.2, 0.25) is 0 Å². The summed E-state index contributed by atoms with van der Waals surface area (Å²) in [7, 11) is 0. The van der Waals surface area contributed by atoms with Gasteiger partial charge in [0.15, 0.2) is 5.79 Å². The van der Waals surface area contributed by atoms with Crippen LogP contribution in [-0.4, -0.2) is 30.6 Å². The second-order valence-electron chi connectivity index (χ2n) is 13.7. The van der Waals surface area contributed by atoms with Gasteiger partial charge in [-0.25, -0.2) is 0 Å². The molecule has 4 nitrogen and oxygen atoms in total. The molecule has 33 heavy (non-hydrogen) atoms. The van der Waals surface area contributed by atoms with Crippen LogP contribution < -0.4 is 0 Å². The molecule has 4 saturated carbocycles. The molecule has 6 fully saturated rings. The minimum Gasteiger partial charge on any atom is -0.463 e. The van der Waals surface area contributed by atoms with Gasteiger partial charge in [-0.05, 0) is 104 Å². The fourth-order valence-corrected chi connectivity index (χ4v) is 10.6. The van der Waals surface area contributed by atoms with E-state index in [0.29, 0.717) is 34.7 Å². The lowest BCUT2D eigenvalue weighted by Crippen LogP contribution is -2.55. The van der Waals surface area contributed by atoms with Crippen molar-refractivity contribution in [3.05, 3.63) is 0 Å². The third-order valence-corrected chi connectivity index (χ3v) is 12.2. The van der Waals surface area contributed by atoms with Gasteiger partial charge in [0.1, 0.15) is 6.10 Å². The van der Waals surface area contributed by atoms with Gasteiger partial charge >= 0.3 is 5.97 Å². The van der Waals surface area contributed by atoms with E-state index in [1.807, 2.05) is 0 Å². The van der Waals surface area contributed by atoms with Crippen LogP contribution in [0.3, 0.4) is 0 Å². The van der Waals surface area contributed by atoms with Crippen LogP contribution in [0.15, 0.2) is 0 Å². The Bertz CT molecular complexity index is 786. The lowest BCUT2D eigenvalue weighted by molar-refractivity contribution is -0.273. The van der Waals surface area contributed by atoms with E-state index in [9.17, 15) is 4.79 Å². The molecule has 12 atom stereocenters. The number of ether oxygens (including phenoxy) is 3. The third kappa shape index (κ3) is 3.25. The van der Waals surface area contributed by atoms with Crippen LogP contribution in [0.5, 0.6) is 0 Å². The fourth-order valence-electron chi connectivity index (χ4n) is 10.6. The molecule has 7 unspecified atom stereocenters. The van der Waals surface area contributed by atoms with Crippen molar-refractivity contribution in [2.45, 2.75) is 117 Å². The molecule has 6 aliphatic rings. The first-order valence-corrected chi connectivity index (χ1v) is 14.2. The Morgan fingerprint density at radius 1 is 0.909 bits per heavy atom. The second-order valence-corrected chi connectivity index (χ2v) is 13.7. The lowest BCUT2D eigenvalue weighted by atomic mass is 9.44. The number of fused-ring (bicyclic) bond motifs is 7. The van der Waals surface area contributed by atoms with Crippen LogP contribution in [0, 0.1) is 52.3 Å². The first-order chi connectivity index (χ1) is 15.7. The molecule has 0 aromatic heterocycles. The van der Waals surface area contributed by atoms with Gasteiger partial charge in [-0.1, -0.05) is 27.7 Å². The largest absolute Gasteiger partial charge is 0.463 e. The first kappa shape index (κ1) is 22.8. The second kappa shape index (κ2) is 7.69. The topological polar surface area (TPSA) is 44.8 Å². The van der Waals surface area contributed by atoms with Gasteiger partial charge in [-0.2, -0.15) is 0 Å². The van der Waals surface area contributed by atoms with Gasteiger partial charge in [-0.15, -0.1) is 0 Å². The Labute approximate surface area is 200 Å². The summed E-state index contributed by atoms with van der Waals surface area (Å²) in [5.41, 5.74) is 0.828. The van der Waals surface area contributed by atoms with Gasteiger partial charge in [0.05, 0.1) is 12.7 Å². The highest BCUT2D eigenvalue weighted by Gasteiger charge is 2.69. The summed E-state index contributed by atoms with van der Waals surface area (Å²) < 4.78 is 19.1. The Balaban J connectivity index is 1.21. The number of esters is 1. The number of hydrogen-bond donors (Lipinski definition) is 0. The predicted octanol–water partition coefficient (Wildman–Crippen LogP) is 6.36. The van der Waals surface area contributed by atoms with Crippen molar-refractivity contribution >= 4 is 5.97 Å². The molecule has 2 heterocycles. The molecule has 0 amide bonds. The van der Waals surface area contributed by atoms with Crippen molar-refractivity contribution in [2.24, 2.45) is 52.3 Å². The zero-order valence-corrected chi connectivity index (χ0v) is 21.6. The maximum atomic E-state index is 11.5. The molecule has 0 N–H and O–H groups in total. The Kier molecular flexibility index (Phi) is 5.32. The van der Waals surface area contributed by atoms with Crippen molar-refractivity contribution < 1.29 is 19.0 Å². The molecule has 0 radical (unpaired) electrons. The molecule has 2 saturated heterocycles. The zero-order valence-electron chi connectivity index (χ0n) is 21.6. The minimum absolute atomic E-state index is 0.105. The average molecular weight is 459 g/mol. The average Bonchev–Trinajstić information content (AvgIpc) is 3.21. The minimum atomic E-state index is -0.300. The van der Waals surface area contributed by atoms with E-state index in [1.165, 1.54) is 44.9 Å². The van der Waals surface area contributed by atoms with Gasteiger partial charge in [0.25, 0.3) is 0 Å². The summed E-state index contributed by atoms with van der Waals surface area (Å²) in [4.78, 5) is 11.5. The van der Waals surface area contributed by atoms with E-state index in [0.717, 1.165) is 49.5 Å². The molecule has 4 aliphatic carbocycles. The van der Waals surface area contributed by atoms with Crippen molar-refractivity contribution in [1.29, 1.82) is 0 Å². The number of carbonyl (C=O) groups is 1. The SMILES string of the molecule is CC(=O)O[C@H]1CC[C@]2(C)C3CC[C@@]4(C)C(CC5O[C@@]6(CCC(C)CO6)C(C)C54)C3CC[C@H]2C1. The van der Waals surface area contributed by atoms with Gasteiger partial charge in [0, 0.05) is 19.3 Å². The molecular weight excluding hydrogens is 412 g/mol. The maximum Gasteiger partial charge on any atom is 0.302 e. The summed E-state index contributed by atoms with van der Waals surface area (Å²) in [6.07, 6.45) is 12.9. The van der Waals surface area contributed by atoms with Gasteiger partial charge < -0.3 is 14.2 Å². The molecule has 0 bridgehead atoms. The van der Waals surface area contributed by atoms with Crippen molar-refractivity contribution in [3.63, 3.8) is 0 Å². The highest BCUT2D eigenvalue weighted by molar-refractivity contribution is 5.66. The number of hydrogen-bond acceptors (Lipinski definition) is 4. The molecule has 186 valence electrons. The first-order valence-electron chi connectivity index (χ1n) is 14.2. The van der Waals surface area contributed by atoms with Crippen molar-refractivity contribution in [2.75, 3.05) is 6.61 Å². The smallest absolute Gasteiger partial charge is 0.302 e. The van der Waals surface area contributed by atoms with Crippen molar-refractivity contribution in [1.82, 2.24) is 0 Å². The number of rotatable bonds is 1. The predicted molar refractivity (Wildman–Crippen MR) is 127 cm³/mol. The summed E-state index contributed by atoms with van der Waals surface area (Å²) in [5, 5.41) is 0. The Morgan fingerprint density at radius 2 is 1.70 bits per heavy atom.